The molecule has 1 aliphatic heterocycles. The Kier molecular flexibility index (Phi) is 5.99. The van der Waals surface area contributed by atoms with Gasteiger partial charge >= 0.3 is 0 Å². The maximum atomic E-state index is 13.1. The van der Waals surface area contributed by atoms with Crippen molar-refractivity contribution in [2.24, 2.45) is 0 Å². The summed E-state index contributed by atoms with van der Waals surface area (Å²) in [6.45, 7) is 0.948. The van der Waals surface area contributed by atoms with Crippen LogP contribution in [0.1, 0.15) is 5.56 Å². The van der Waals surface area contributed by atoms with Crippen LogP contribution in [0.4, 0.5) is 5.69 Å². The van der Waals surface area contributed by atoms with Crippen molar-refractivity contribution in [3.8, 4) is 11.4 Å². The van der Waals surface area contributed by atoms with E-state index in [1.807, 2.05) is 71.4 Å². The van der Waals surface area contributed by atoms with Crippen molar-refractivity contribution in [1.29, 1.82) is 0 Å². The summed E-state index contributed by atoms with van der Waals surface area (Å²) < 4.78 is 7.60. The van der Waals surface area contributed by atoms with Gasteiger partial charge in [-0.2, -0.15) is 5.10 Å². The molecule has 4 rings (SSSR count). The van der Waals surface area contributed by atoms with Gasteiger partial charge in [0.2, 0.25) is 5.91 Å². The summed E-state index contributed by atoms with van der Waals surface area (Å²) in [7, 11) is 3.45. The van der Waals surface area contributed by atoms with Crippen molar-refractivity contribution in [2.75, 3.05) is 32.1 Å². The van der Waals surface area contributed by atoms with Crippen LogP contribution >= 0.6 is 0 Å². The number of ether oxygens (including phenoxy) is 1. The van der Waals surface area contributed by atoms with Crippen molar-refractivity contribution in [3.63, 3.8) is 0 Å². The average Bonchev–Trinajstić information content (AvgIpc) is 3.26. The monoisotopic (exact) mass is 419 g/mol. The molecule has 0 saturated heterocycles. The Labute approximate surface area is 181 Å². The number of carbonyl (C=O) groups is 2. The predicted octanol–water partition coefficient (Wildman–Crippen LogP) is 1.84. The Morgan fingerprint density at radius 2 is 1.90 bits per heavy atom. The van der Waals surface area contributed by atoms with Crippen LogP contribution in [0.2, 0.25) is 0 Å². The molecular weight excluding hydrogens is 394 g/mol. The maximum absolute atomic E-state index is 13.1. The molecule has 0 fully saturated rings. The Morgan fingerprint density at radius 1 is 1.16 bits per heavy atom. The topological polar surface area (TPSA) is 79.7 Å². The summed E-state index contributed by atoms with van der Waals surface area (Å²) in [6.07, 6.45) is 3.03. The van der Waals surface area contributed by atoms with Gasteiger partial charge in [0.05, 0.1) is 30.7 Å². The van der Waals surface area contributed by atoms with Gasteiger partial charge < -0.3 is 15.0 Å². The molecule has 0 spiro atoms. The molecule has 160 valence electrons. The van der Waals surface area contributed by atoms with E-state index >= 15 is 0 Å². The number of benzene rings is 2. The van der Waals surface area contributed by atoms with Crippen molar-refractivity contribution in [3.05, 3.63) is 72.6 Å². The van der Waals surface area contributed by atoms with E-state index in [2.05, 4.69) is 10.4 Å². The van der Waals surface area contributed by atoms with Gasteiger partial charge in [0, 0.05) is 25.4 Å². The van der Waals surface area contributed by atoms with Gasteiger partial charge in [-0.15, -0.1) is 0 Å². The molecule has 1 aromatic heterocycles. The third-order valence-corrected chi connectivity index (χ3v) is 5.13. The number of anilines is 1. The highest BCUT2D eigenvalue weighted by Gasteiger charge is 2.33. The first kappa shape index (κ1) is 20.6. The lowest BCUT2D eigenvalue weighted by Gasteiger charge is -2.34. The zero-order chi connectivity index (χ0) is 21.8. The van der Waals surface area contributed by atoms with Crippen molar-refractivity contribution >= 4 is 17.5 Å². The summed E-state index contributed by atoms with van der Waals surface area (Å²) in [5.74, 6) is 0.180. The van der Waals surface area contributed by atoms with E-state index in [4.69, 9.17) is 4.74 Å². The van der Waals surface area contributed by atoms with E-state index < -0.39 is 6.10 Å². The first-order valence-corrected chi connectivity index (χ1v) is 10.1. The number of nitrogens with one attached hydrogen (secondary N) is 1. The standard InChI is InChI=1S/C23H25N5O3/c1-24-23(30)21-15-27(19-10-6-7-11-20(19)31-21)22(29)16-26(2)13-17-12-25-28(14-17)18-8-4-3-5-9-18/h3-12,14,21H,13,15-16H2,1-2H3,(H,24,30)/t21-/m0/s1. The minimum Gasteiger partial charge on any atom is -0.477 e. The fourth-order valence-corrected chi connectivity index (χ4v) is 3.62. The zero-order valence-electron chi connectivity index (χ0n) is 17.6. The summed E-state index contributed by atoms with van der Waals surface area (Å²) in [6, 6.07) is 17.1. The molecule has 0 unspecified atom stereocenters. The molecule has 1 aliphatic rings. The first-order chi connectivity index (χ1) is 15.0. The van der Waals surface area contributed by atoms with Crippen LogP contribution in [0.15, 0.2) is 67.0 Å². The van der Waals surface area contributed by atoms with Gasteiger partial charge in [0.25, 0.3) is 5.91 Å². The largest absolute Gasteiger partial charge is 0.477 e. The number of carbonyl (C=O) groups excluding carboxylic acids is 2. The van der Waals surface area contributed by atoms with Gasteiger partial charge in [-0.05, 0) is 31.3 Å². The Morgan fingerprint density at radius 3 is 2.68 bits per heavy atom. The molecule has 2 amide bonds. The minimum atomic E-state index is -0.738. The van der Waals surface area contributed by atoms with Crippen LogP contribution in [0, 0.1) is 0 Å². The van der Waals surface area contributed by atoms with Gasteiger partial charge in [-0.1, -0.05) is 30.3 Å². The SMILES string of the molecule is CNC(=O)[C@@H]1CN(C(=O)CN(C)Cc2cnn(-c3ccccc3)c2)c2ccccc2O1. The molecule has 0 radical (unpaired) electrons. The van der Waals surface area contributed by atoms with E-state index in [1.54, 1.807) is 24.2 Å². The molecular formula is C23H25N5O3. The second-order valence-corrected chi connectivity index (χ2v) is 7.49. The zero-order valence-corrected chi connectivity index (χ0v) is 17.6. The second-order valence-electron chi connectivity index (χ2n) is 7.49. The fraction of sp³-hybridized carbons (Fsp3) is 0.261. The number of fused-ring (bicyclic) bond motifs is 1. The third kappa shape index (κ3) is 4.59. The van der Waals surface area contributed by atoms with E-state index in [-0.39, 0.29) is 24.9 Å². The van der Waals surface area contributed by atoms with Crippen LogP contribution < -0.4 is 15.0 Å². The van der Waals surface area contributed by atoms with Gasteiger partial charge in [-0.3, -0.25) is 14.5 Å². The molecule has 2 heterocycles. The highest BCUT2D eigenvalue weighted by Crippen LogP contribution is 2.33. The Balaban J connectivity index is 1.44. The van der Waals surface area contributed by atoms with E-state index in [0.29, 0.717) is 18.0 Å². The normalized spacial score (nSPS) is 15.3. The third-order valence-electron chi connectivity index (χ3n) is 5.13. The van der Waals surface area contributed by atoms with E-state index in [9.17, 15) is 9.59 Å². The molecule has 8 nitrogen and oxygen atoms in total. The number of hydrogen-bond donors (Lipinski definition) is 1. The van der Waals surface area contributed by atoms with Crippen LogP contribution in [0.3, 0.4) is 0 Å². The van der Waals surface area contributed by atoms with Crippen LogP contribution in [0.25, 0.3) is 5.69 Å². The Bertz CT molecular complexity index is 1070. The lowest BCUT2D eigenvalue weighted by molar-refractivity contribution is -0.128. The number of amides is 2. The smallest absolute Gasteiger partial charge is 0.262 e. The summed E-state index contributed by atoms with van der Waals surface area (Å²) >= 11 is 0. The molecule has 1 N–H and O–H groups in total. The predicted molar refractivity (Wildman–Crippen MR) is 117 cm³/mol. The summed E-state index contributed by atoms with van der Waals surface area (Å²) in [5.41, 5.74) is 2.67. The first-order valence-electron chi connectivity index (χ1n) is 10.1. The highest BCUT2D eigenvalue weighted by atomic mass is 16.5. The van der Waals surface area contributed by atoms with E-state index in [0.717, 1.165) is 11.3 Å². The number of rotatable bonds is 6. The molecule has 0 aliphatic carbocycles. The molecule has 3 aromatic rings. The van der Waals surface area contributed by atoms with Gasteiger partial charge in [-0.25, -0.2) is 4.68 Å². The quantitative estimate of drug-likeness (QED) is 0.660. The lowest BCUT2D eigenvalue weighted by Crippen LogP contribution is -2.51. The number of aromatic nitrogens is 2. The molecule has 2 aromatic carbocycles. The number of hydrogen-bond acceptors (Lipinski definition) is 5. The van der Waals surface area contributed by atoms with Crippen LogP contribution in [0.5, 0.6) is 5.75 Å². The fourth-order valence-electron chi connectivity index (χ4n) is 3.62. The average molecular weight is 419 g/mol. The van der Waals surface area contributed by atoms with Crippen LogP contribution in [-0.2, 0) is 16.1 Å². The number of likely N-dealkylation sites (N-methyl/N-ethyl adjacent to an activating group) is 2. The van der Waals surface area contributed by atoms with E-state index in [1.165, 1.54) is 0 Å². The molecule has 31 heavy (non-hydrogen) atoms. The summed E-state index contributed by atoms with van der Waals surface area (Å²) in [5, 5.41) is 7.00. The minimum absolute atomic E-state index is 0.0948. The number of para-hydroxylation sites is 3. The van der Waals surface area contributed by atoms with Crippen molar-refractivity contribution in [1.82, 2.24) is 20.0 Å². The molecule has 0 saturated carbocycles. The van der Waals surface area contributed by atoms with Gasteiger partial charge in [0.1, 0.15) is 5.75 Å². The maximum Gasteiger partial charge on any atom is 0.262 e. The van der Waals surface area contributed by atoms with Crippen LogP contribution in [-0.4, -0.2) is 59.8 Å². The second kappa shape index (κ2) is 9.01. The Hall–Kier alpha value is -3.65. The molecule has 0 bridgehead atoms. The van der Waals surface area contributed by atoms with Gasteiger partial charge in [0.15, 0.2) is 6.10 Å². The van der Waals surface area contributed by atoms with Crippen molar-refractivity contribution < 1.29 is 14.3 Å². The summed E-state index contributed by atoms with van der Waals surface area (Å²) in [4.78, 5) is 28.8. The molecule has 8 heteroatoms. The number of nitrogens with zero attached hydrogens (tertiary/aromatic N) is 4. The molecule has 1 atom stereocenters. The lowest BCUT2D eigenvalue weighted by atomic mass is 10.1. The highest BCUT2D eigenvalue weighted by molar-refractivity contribution is 5.98. The van der Waals surface area contributed by atoms with Crippen molar-refractivity contribution in [2.45, 2.75) is 12.6 Å².